The minimum absolute atomic E-state index is 0.516. The van der Waals surface area contributed by atoms with Crippen molar-refractivity contribution in [1.29, 1.82) is 0 Å². The SMILES string of the molecule is C=C(NC(C)C)C(C)CCC. The lowest BCUT2D eigenvalue weighted by Crippen LogP contribution is -2.24. The van der Waals surface area contributed by atoms with Gasteiger partial charge in [-0.2, -0.15) is 0 Å². The monoisotopic (exact) mass is 155 g/mol. The maximum Gasteiger partial charge on any atom is 0.0201 e. The van der Waals surface area contributed by atoms with E-state index in [1.54, 1.807) is 0 Å². The maximum absolute atomic E-state index is 4.00. The van der Waals surface area contributed by atoms with E-state index in [1.165, 1.54) is 18.5 Å². The Kier molecular flexibility index (Phi) is 5.01. The van der Waals surface area contributed by atoms with Crippen LogP contribution in [0.15, 0.2) is 12.3 Å². The molecule has 0 aromatic heterocycles. The third-order valence-corrected chi connectivity index (χ3v) is 1.79. The molecule has 1 heteroatoms. The zero-order chi connectivity index (χ0) is 8.85. The van der Waals surface area contributed by atoms with Crippen LogP contribution in [-0.2, 0) is 0 Å². The Labute approximate surface area is 70.9 Å². The molecule has 1 N–H and O–H groups in total. The van der Waals surface area contributed by atoms with Crippen LogP contribution in [0, 0.1) is 5.92 Å². The van der Waals surface area contributed by atoms with Crippen LogP contribution in [0.5, 0.6) is 0 Å². The lowest BCUT2D eigenvalue weighted by Gasteiger charge is -2.18. The van der Waals surface area contributed by atoms with Gasteiger partial charge < -0.3 is 5.32 Å². The first-order valence-corrected chi connectivity index (χ1v) is 4.53. The Bertz CT molecular complexity index is 116. The normalized spacial score (nSPS) is 13.2. The topological polar surface area (TPSA) is 12.0 Å². The fraction of sp³-hybridized carbons (Fsp3) is 0.800. The number of hydrogen-bond donors (Lipinski definition) is 1. The zero-order valence-electron chi connectivity index (χ0n) is 8.28. The second kappa shape index (κ2) is 5.22. The summed E-state index contributed by atoms with van der Waals surface area (Å²) in [7, 11) is 0. The molecule has 0 fully saturated rings. The molecule has 0 spiro atoms. The molecule has 0 saturated heterocycles. The summed E-state index contributed by atoms with van der Waals surface area (Å²) in [5, 5.41) is 3.33. The fourth-order valence-corrected chi connectivity index (χ4v) is 1.12. The zero-order valence-corrected chi connectivity index (χ0v) is 8.28. The van der Waals surface area contributed by atoms with Crippen molar-refractivity contribution < 1.29 is 0 Å². The molecule has 0 radical (unpaired) electrons. The third kappa shape index (κ3) is 4.88. The smallest absolute Gasteiger partial charge is 0.0201 e. The highest BCUT2D eigenvalue weighted by molar-refractivity contribution is 4.96. The van der Waals surface area contributed by atoms with Crippen molar-refractivity contribution in [2.45, 2.75) is 46.6 Å². The van der Waals surface area contributed by atoms with E-state index in [4.69, 9.17) is 0 Å². The molecule has 0 aromatic carbocycles. The van der Waals surface area contributed by atoms with E-state index < -0.39 is 0 Å². The predicted octanol–water partition coefficient (Wildman–Crippen LogP) is 2.93. The van der Waals surface area contributed by atoms with Crippen LogP contribution in [0.2, 0.25) is 0 Å². The van der Waals surface area contributed by atoms with E-state index in [-0.39, 0.29) is 0 Å². The van der Waals surface area contributed by atoms with Gasteiger partial charge in [0, 0.05) is 11.7 Å². The molecule has 0 aromatic rings. The van der Waals surface area contributed by atoms with Gasteiger partial charge in [0.1, 0.15) is 0 Å². The van der Waals surface area contributed by atoms with Crippen LogP contribution in [0.1, 0.15) is 40.5 Å². The Morgan fingerprint density at radius 2 is 1.91 bits per heavy atom. The molecular formula is C10H21N. The molecule has 1 unspecified atom stereocenters. The van der Waals surface area contributed by atoms with Crippen molar-refractivity contribution in [3.8, 4) is 0 Å². The van der Waals surface area contributed by atoms with E-state index in [0.29, 0.717) is 12.0 Å². The van der Waals surface area contributed by atoms with Crippen LogP contribution in [0.3, 0.4) is 0 Å². The molecule has 0 aliphatic rings. The number of rotatable bonds is 5. The summed E-state index contributed by atoms with van der Waals surface area (Å²) in [5.41, 5.74) is 1.18. The minimum atomic E-state index is 0.516. The predicted molar refractivity (Wildman–Crippen MR) is 51.5 cm³/mol. The molecule has 66 valence electrons. The molecule has 0 amide bonds. The largest absolute Gasteiger partial charge is 0.386 e. The molecule has 0 heterocycles. The van der Waals surface area contributed by atoms with Gasteiger partial charge in [0.25, 0.3) is 0 Å². The average Bonchev–Trinajstić information content (AvgIpc) is 1.86. The van der Waals surface area contributed by atoms with Crippen molar-refractivity contribution in [3.63, 3.8) is 0 Å². The van der Waals surface area contributed by atoms with E-state index in [1.807, 2.05) is 0 Å². The van der Waals surface area contributed by atoms with Crippen LogP contribution in [0.4, 0.5) is 0 Å². The standard InChI is InChI=1S/C10H21N/c1-6-7-9(4)10(5)11-8(2)3/h8-9,11H,5-7H2,1-4H3. The Morgan fingerprint density at radius 1 is 1.36 bits per heavy atom. The van der Waals surface area contributed by atoms with Gasteiger partial charge in [-0.15, -0.1) is 0 Å². The summed E-state index contributed by atoms with van der Waals surface area (Å²) in [4.78, 5) is 0. The molecule has 0 bridgehead atoms. The summed E-state index contributed by atoms with van der Waals surface area (Å²) in [5.74, 6) is 0.613. The Balaban J connectivity index is 3.64. The summed E-state index contributed by atoms with van der Waals surface area (Å²) in [6, 6.07) is 0.516. The first-order valence-electron chi connectivity index (χ1n) is 4.53. The van der Waals surface area contributed by atoms with Gasteiger partial charge in [-0.25, -0.2) is 0 Å². The van der Waals surface area contributed by atoms with Crippen molar-refractivity contribution in [2.75, 3.05) is 0 Å². The summed E-state index contributed by atoms with van der Waals surface area (Å²) in [6.07, 6.45) is 2.47. The van der Waals surface area contributed by atoms with E-state index in [0.717, 1.165) is 0 Å². The van der Waals surface area contributed by atoms with E-state index in [2.05, 4.69) is 39.6 Å². The molecule has 1 nitrogen and oxygen atoms in total. The van der Waals surface area contributed by atoms with Crippen molar-refractivity contribution in [3.05, 3.63) is 12.3 Å². The van der Waals surface area contributed by atoms with Gasteiger partial charge in [0.15, 0.2) is 0 Å². The quantitative estimate of drug-likeness (QED) is 0.643. The van der Waals surface area contributed by atoms with Gasteiger partial charge in [-0.3, -0.25) is 0 Å². The lowest BCUT2D eigenvalue weighted by atomic mass is 10.0. The van der Waals surface area contributed by atoms with Crippen LogP contribution < -0.4 is 5.32 Å². The fourth-order valence-electron chi connectivity index (χ4n) is 1.12. The highest BCUT2D eigenvalue weighted by atomic mass is 14.9. The molecule has 0 rings (SSSR count). The van der Waals surface area contributed by atoms with Crippen LogP contribution >= 0.6 is 0 Å². The molecule has 0 saturated carbocycles. The Hall–Kier alpha value is -0.460. The van der Waals surface area contributed by atoms with Gasteiger partial charge in [0.05, 0.1) is 0 Å². The summed E-state index contributed by atoms with van der Waals surface area (Å²) >= 11 is 0. The van der Waals surface area contributed by atoms with Gasteiger partial charge >= 0.3 is 0 Å². The molecule has 0 aliphatic carbocycles. The first kappa shape index (κ1) is 10.5. The molecular weight excluding hydrogens is 134 g/mol. The second-order valence-electron chi connectivity index (χ2n) is 3.51. The van der Waals surface area contributed by atoms with Gasteiger partial charge in [-0.1, -0.05) is 26.8 Å². The number of hydrogen-bond acceptors (Lipinski definition) is 1. The number of allylic oxidation sites excluding steroid dienone is 1. The summed E-state index contributed by atoms with van der Waals surface area (Å²) in [6.45, 7) is 12.7. The van der Waals surface area contributed by atoms with E-state index in [9.17, 15) is 0 Å². The second-order valence-corrected chi connectivity index (χ2v) is 3.51. The van der Waals surface area contributed by atoms with Crippen molar-refractivity contribution in [2.24, 2.45) is 5.92 Å². The summed E-state index contributed by atoms with van der Waals surface area (Å²) < 4.78 is 0. The van der Waals surface area contributed by atoms with Gasteiger partial charge in [0.2, 0.25) is 0 Å². The van der Waals surface area contributed by atoms with Crippen LogP contribution in [-0.4, -0.2) is 6.04 Å². The van der Waals surface area contributed by atoms with Crippen molar-refractivity contribution in [1.82, 2.24) is 5.32 Å². The third-order valence-electron chi connectivity index (χ3n) is 1.79. The first-order chi connectivity index (χ1) is 5.07. The average molecular weight is 155 g/mol. The van der Waals surface area contributed by atoms with E-state index >= 15 is 0 Å². The highest BCUT2D eigenvalue weighted by Crippen LogP contribution is 2.12. The van der Waals surface area contributed by atoms with Gasteiger partial charge in [-0.05, 0) is 26.2 Å². The van der Waals surface area contributed by atoms with Crippen LogP contribution in [0.25, 0.3) is 0 Å². The lowest BCUT2D eigenvalue weighted by molar-refractivity contribution is 0.527. The molecule has 0 aliphatic heterocycles. The minimum Gasteiger partial charge on any atom is -0.386 e. The number of nitrogens with one attached hydrogen (secondary N) is 1. The maximum atomic E-state index is 4.00. The molecule has 11 heavy (non-hydrogen) atoms. The highest BCUT2D eigenvalue weighted by Gasteiger charge is 2.05. The molecule has 1 atom stereocenters. The van der Waals surface area contributed by atoms with Crippen molar-refractivity contribution >= 4 is 0 Å². The Morgan fingerprint density at radius 3 is 2.27 bits per heavy atom.